The molecule has 1 aliphatic carbocycles. The average Bonchev–Trinajstić information content (AvgIpc) is 2.57. The van der Waals surface area contributed by atoms with Gasteiger partial charge in [0.25, 0.3) is 0 Å². The largest absolute Gasteiger partial charge is 0.487 e. The molecule has 5 nitrogen and oxygen atoms in total. The first-order valence-electron chi connectivity index (χ1n) is 9.32. The maximum Gasteiger partial charge on any atom is 0.225 e. The molecule has 0 spiro atoms. The SMILES string of the molecule is C[C@]1(O)CN(C(=O)CC2(O)CCCCC2)CC[C@@H]1Oc1ccccc1. The summed E-state index contributed by atoms with van der Waals surface area (Å²) in [5.41, 5.74) is -1.97. The molecule has 2 N–H and O–H groups in total. The summed E-state index contributed by atoms with van der Waals surface area (Å²) in [6.45, 7) is 2.50. The molecule has 0 radical (unpaired) electrons. The van der Waals surface area contributed by atoms with E-state index in [2.05, 4.69) is 0 Å². The molecule has 1 saturated heterocycles. The molecule has 2 fully saturated rings. The fourth-order valence-corrected chi connectivity index (χ4v) is 3.99. The number of ether oxygens (including phenoxy) is 1. The Morgan fingerprint density at radius 1 is 1.20 bits per heavy atom. The van der Waals surface area contributed by atoms with Crippen LogP contribution in [0.3, 0.4) is 0 Å². The first-order valence-corrected chi connectivity index (χ1v) is 9.32. The molecule has 1 amide bonds. The summed E-state index contributed by atoms with van der Waals surface area (Å²) >= 11 is 0. The van der Waals surface area contributed by atoms with Crippen LogP contribution in [0.4, 0.5) is 0 Å². The molecule has 1 saturated carbocycles. The summed E-state index contributed by atoms with van der Waals surface area (Å²) in [5, 5.41) is 21.4. The Morgan fingerprint density at radius 2 is 1.88 bits per heavy atom. The van der Waals surface area contributed by atoms with Crippen LogP contribution in [-0.2, 0) is 4.79 Å². The zero-order chi connectivity index (χ0) is 17.9. The quantitative estimate of drug-likeness (QED) is 0.878. The predicted molar refractivity (Wildman–Crippen MR) is 95.3 cm³/mol. The van der Waals surface area contributed by atoms with Crippen LogP contribution < -0.4 is 4.74 Å². The van der Waals surface area contributed by atoms with Gasteiger partial charge in [-0.15, -0.1) is 0 Å². The second-order valence-electron chi connectivity index (χ2n) is 7.84. The summed E-state index contributed by atoms with van der Waals surface area (Å²) in [4.78, 5) is 14.3. The summed E-state index contributed by atoms with van der Waals surface area (Å²) < 4.78 is 5.93. The summed E-state index contributed by atoms with van der Waals surface area (Å²) in [6.07, 6.45) is 4.87. The fraction of sp³-hybridized carbons (Fsp3) is 0.650. The first kappa shape index (κ1) is 18.2. The molecule has 0 bridgehead atoms. The molecule has 1 aromatic carbocycles. The normalized spacial score (nSPS) is 29.2. The fourth-order valence-electron chi connectivity index (χ4n) is 3.99. The molecule has 1 aliphatic heterocycles. The van der Waals surface area contributed by atoms with E-state index in [1.165, 1.54) is 0 Å². The van der Waals surface area contributed by atoms with Gasteiger partial charge in [-0.25, -0.2) is 0 Å². The summed E-state index contributed by atoms with van der Waals surface area (Å²) in [6, 6.07) is 9.45. The average molecular weight is 347 g/mol. The molecule has 3 rings (SSSR count). The van der Waals surface area contributed by atoms with Crippen molar-refractivity contribution in [2.75, 3.05) is 13.1 Å². The number of β-amino-alcohol motifs (C(OH)–C–C–N with tert-alkyl or cyclic N) is 1. The van der Waals surface area contributed by atoms with E-state index in [0.717, 1.165) is 25.0 Å². The van der Waals surface area contributed by atoms with Crippen molar-refractivity contribution in [3.05, 3.63) is 30.3 Å². The van der Waals surface area contributed by atoms with Crippen LogP contribution in [-0.4, -0.2) is 51.4 Å². The number of carbonyl (C=O) groups is 1. The second kappa shape index (κ2) is 7.34. The third-order valence-corrected chi connectivity index (χ3v) is 5.50. The van der Waals surface area contributed by atoms with Crippen molar-refractivity contribution in [3.63, 3.8) is 0 Å². The summed E-state index contributed by atoms with van der Waals surface area (Å²) in [5.74, 6) is 0.659. The van der Waals surface area contributed by atoms with Crippen LogP contribution in [0.5, 0.6) is 5.75 Å². The molecule has 2 aliphatic rings. The van der Waals surface area contributed by atoms with Gasteiger partial charge >= 0.3 is 0 Å². The van der Waals surface area contributed by atoms with Gasteiger partial charge in [0, 0.05) is 13.0 Å². The highest BCUT2D eigenvalue weighted by molar-refractivity contribution is 5.77. The topological polar surface area (TPSA) is 70.0 Å². The van der Waals surface area contributed by atoms with Crippen molar-refractivity contribution in [1.29, 1.82) is 0 Å². The molecule has 0 unspecified atom stereocenters. The first-order chi connectivity index (χ1) is 11.9. The third kappa shape index (κ3) is 4.53. The minimum atomic E-state index is -1.11. The molecular weight excluding hydrogens is 318 g/mol. The lowest BCUT2D eigenvalue weighted by molar-refractivity contribution is -0.151. The van der Waals surface area contributed by atoms with E-state index in [-0.39, 0.29) is 25.0 Å². The number of benzene rings is 1. The second-order valence-corrected chi connectivity index (χ2v) is 7.84. The van der Waals surface area contributed by atoms with Gasteiger partial charge in [0.1, 0.15) is 17.5 Å². The number of para-hydroxylation sites is 1. The molecule has 2 atom stereocenters. The zero-order valence-corrected chi connectivity index (χ0v) is 15.0. The van der Waals surface area contributed by atoms with Crippen LogP contribution >= 0.6 is 0 Å². The van der Waals surface area contributed by atoms with E-state index < -0.39 is 11.2 Å². The Kier molecular flexibility index (Phi) is 5.35. The zero-order valence-electron chi connectivity index (χ0n) is 15.0. The smallest absolute Gasteiger partial charge is 0.225 e. The Bertz CT molecular complexity index is 581. The standard InChI is InChI=1S/C20H29NO4/c1-19(23)15-21(18(22)14-20(24)11-6-3-7-12-20)13-10-17(19)25-16-8-4-2-5-9-16/h2,4-5,8-9,17,23-24H,3,6-7,10-15H2,1H3/t17-,19-/m0/s1. The highest BCUT2D eigenvalue weighted by atomic mass is 16.5. The molecule has 1 aromatic rings. The monoisotopic (exact) mass is 347 g/mol. The molecule has 1 heterocycles. The lowest BCUT2D eigenvalue weighted by atomic mass is 9.82. The van der Waals surface area contributed by atoms with Crippen molar-refractivity contribution >= 4 is 5.91 Å². The van der Waals surface area contributed by atoms with Crippen molar-refractivity contribution in [1.82, 2.24) is 4.90 Å². The number of hydrogen-bond acceptors (Lipinski definition) is 4. The Labute approximate surface area is 149 Å². The van der Waals surface area contributed by atoms with E-state index in [1.807, 2.05) is 30.3 Å². The number of amides is 1. The van der Waals surface area contributed by atoms with Crippen molar-refractivity contribution in [2.45, 2.75) is 69.2 Å². The molecular formula is C20H29NO4. The van der Waals surface area contributed by atoms with Gasteiger partial charge in [0.15, 0.2) is 0 Å². The predicted octanol–water partition coefficient (Wildman–Crippen LogP) is 2.50. The molecule has 0 aromatic heterocycles. The van der Waals surface area contributed by atoms with Gasteiger partial charge in [-0.05, 0) is 31.9 Å². The van der Waals surface area contributed by atoms with Crippen LogP contribution in [0.2, 0.25) is 0 Å². The van der Waals surface area contributed by atoms with Gasteiger partial charge < -0.3 is 19.8 Å². The van der Waals surface area contributed by atoms with E-state index in [1.54, 1.807) is 11.8 Å². The van der Waals surface area contributed by atoms with Crippen molar-refractivity contribution in [3.8, 4) is 5.75 Å². The maximum absolute atomic E-state index is 12.6. The molecule has 5 heteroatoms. The highest BCUT2D eigenvalue weighted by Crippen LogP contribution is 2.33. The van der Waals surface area contributed by atoms with E-state index in [4.69, 9.17) is 4.74 Å². The van der Waals surface area contributed by atoms with Crippen LogP contribution in [0.1, 0.15) is 51.9 Å². The van der Waals surface area contributed by atoms with Gasteiger partial charge in [-0.3, -0.25) is 4.79 Å². The minimum absolute atomic E-state index is 0.0668. The Morgan fingerprint density at radius 3 is 2.52 bits per heavy atom. The number of carbonyl (C=O) groups excluding carboxylic acids is 1. The molecule has 25 heavy (non-hydrogen) atoms. The minimum Gasteiger partial charge on any atom is -0.487 e. The van der Waals surface area contributed by atoms with E-state index >= 15 is 0 Å². The number of nitrogens with zero attached hydrogens (tertiary/aromatic N) is 1. The van der Waals surface area contributed by atoms with Crippen molar-refractivity contribution < 1.29 is 19.7 Å². The Hall–Kier alpha value is -1.59. The lowest BCUT2D eigenvalue weighted by Gasteiger charge is -2.43. The van der Waals surface area contributed by atoms with Gasteiger partial charge in [0.2, 0.25) is 5.91 Å². The van der Waals surface area contributed by atoms with Crippen LogP contribution in [0.25, 0.3) is 0 Å². The number of piperidine rings is 1. The van der Waals surface area contributed by atoms with E-state index in [0.29, 0.717) is 25.8 Å². The van der Waals surface area contributed by atoms with Crippen LogP contribution in [0, 0.1) is 0 Å². The van der Waals surface area contributed by atoms with E-state index in [9.17, 15) is 15.0 Å². The summed E-state index contributed by atoms with van der Waals surface area (Å²) in [7, 11) is 0. The van der Waals surface area contributed by atoms with Crippen molar-refractivity contribution in [2.24, 2.45) is 0 Å². The Balaban J connectivity index is 1.58. The van der Waals surface area contributed by atoms with Gasteiger partial charge in [-0.1, -0.05) is 37.5 Å². The van der Waals surface area contributed by atoms with Gasteiger partial charge in [-0.2, -0.15) is 0 Å². The number of aliphatic hydroxyl groups is 2. The van der Waals surface area contributed by atoms with Crippen LogP contribution in [0.15, 0.2) is 30.3 Å². The number of rotatable bonds is 4. The number of likely N-dealkylation sites (tertiary alicyclic amines) is 1. The third-order valence-electron chi connectivity index (χ3n) is 5.50. The lowest BCUT2D eigenvalue weighted by Crippen LogP contribution is -2.59. The highest BCUT2D eigenvalue weighted by Gasteiger charge is 2.42. The van der Waals surface area contributed by atoms with Gasteiger partial charge in [0.05, 0.1) is 18.6 Å². The number of hydrogen-bond donors (Lipinski definition) is 2. The molecule has 138 valence electrons. The maximum atomic E-state index is 12.6.